The zero-order valence-corrected chi connectivity index (χ0v) is 18.1. The second-order valence-electron chi connectivity index (χ2n) is 9.35. The molecule has 0 N–H and O–H groups in total. The lowest BCUT2D eigenvalue weighted by Gasteiger charge is -2.47. The first kappa shape index (κ1) is 20.7. The van der Waals surface area contributed by atoms with Crippen LogP contribution in [0.25, 0.3) is 0 Å². The molecule has 5 nitrogen and oxygen atoms in total. The third kappa shape index (κ3) is 5.13. The highest BCUT2D eigenvalue weighted by Crippen LogP contribution is 2.40. The molecule has 0 bridgehead atoms. The third-order valence-corrected chi connectivity index (χ3v) is 7.27. The van der Waals surface area contributed by atoms with Gasteiger partial charge in [0.25, 0.3) is 0 Å². The Morgan fingerprint density at radius 2 is 2.00 bits per heavy atom. The van der Waals surface area contributed by atoms with Gasteiger partial charge in [-0.15, -0.1) is 0 Å². The second kappa shape index (κ2) is 9.05. The van der Waals surface area contributed by atoms with Crippen LogP contribution in [0.2, 0.25) is 0 Å². The van der Waals surface area contributed by atoms with Crippen molar-refractivity contribution in [1.82, 2.24) is 9.80 Å². The summed E-state index contributed by atoms with van der Waals surface area (Å²) in [5.41, 5.74) is 2.90. The number of piperidine rings is 2. The monoisotopic (exact) mass is 400 g/mol. The number of hydrogen-bond acceptors (Lipinski definition) is 4. The van der Waals surface area contributed by atoms with Gasteiger partial charge in [-0.25, -0.2) is 0 Å². The van der Waals surface area contributed by atoms with Crippen molar-refractivity contribution in [2.24, 2.45) is 5.41 Å². The van der Waals surface area contributed by atoms with Gasteiger partial charge in [-0.2, -0.15) is 0 Å². The number of nitrogens with zero attached hydrogens (tertiary/aromatic N) is 2. The van der Waals surface area contributed by atoms with E-state index in [1.54, 1.807) is 0 Å². The van der Waals surface area contributed by atoms with E-state index in [0.717, 1.165) is 70.9 Å². The molecule has 3 fully saturated rings. The molecule has 1 amide bonds. The van der Waals surface area contributed by atoms with Crippen molar-refractivity contribution in [1.29, 1.82) is 0 Å². The lowest BCUT2D eigenvalue weighted by molar-refractivity contribution is -0.141. The molecule has 1 spiro atoms. The molecule has 0 saturated carbocycles. The molecule has 3 aliphatic rings. The highest BCUT2D eigenvalue weighted by molar-refractivity contribution is 5.77. The number of likely N-dealkylation sites (tertiary alicyclic amines) is 2. The molecule has 3 aliphatic heterocycles. The zero-order chi connectivity index (χ0) is 20.3. The molecule has 0 aromatic heterocycles. The molecular formula is C24H36N2O3. The van der Waals surface area contributed by atoms with Gasteiger partial charge in [0.2, 0.25) is 5.91 Å². The first-order chi connectivity index (χ1) is 14.0. The van der Waals surface area contributed by atoms with E-state index < -0.39 is 0 Å². The quantitative estimate of drug-likeness (QED) is 0.732. The summed E-state index contributed by atoms with van der Waals surface area (Å²) < 4.78 is 11.8. The van der Waals surface area contributed by atoms with E-state index in [1.165, 1.54) is 24.0 Å². The minimum absolute atomic E-state index is 0.261. The fraction of sp³-hybridized carbons (Fsp3) is 0.708. The summed E-state index contributed by atoms with van der Waals surface area (Å²) >= 11 is 0. The maximum atomic E-state index is 12.4. The second-order valence-corrected chi connectivity index (χ2v) is 9.35. The highest BCUT2D eigenvalue weighted by atomic mass is 16.5. The number of carbonyl (C=O) groups is 1. The van der Waals surface area contributed by atoms with Crippen molar-refractivity contribution in [2.75, 3.05) is 45.9 Å². The average molecular weight is 401 g/mol. The van der Waals surface area contributed by atoms with Crippen LogP contribution in [-0.4, -0.2) is 67.7 Å². The van der Waals surface area contributed by atoms with E-state index in [0.29, 0.717) is 17.7 Å². The molecule has 0 radical (unpaired) electrons. The number of hydrogen-bond donors (Lipinski definition) is 0. The Bertz CT molecular complexity index is 706. The number of amides is 1. The zero-order valence-electron chi connectivity index (χ0n) is 18.1. The standard InChI is InChI=1S/C24H36N2O3/c1-19-5-6-21(16-20(19)2)29-15-13-25-11-9-24(10-12-25)8-7-23(27)26(18-24)17-22-4-3-14-28-22/h5-6,16,22H,3-4,7-15,17-18H2,1-2H3. The van der Waals surface area contributed by atoms with Crippen LogP contribution in [-0.2, 0) is 9.53 Å². The number of carbonyl (C=O) groups excluding carboxylic acids is 1. The van der Waals surface area contributed by atoms with Crippen LogP contribution in [0.15, 0.2) is 18.2 Å². The number of benzene rings is 1. The van der Waals surface area contributed by atoms with Crippen molar-refractivity contribution in [2.45, 2.75) is 58.5 Å². The van der Waals surface area contributed by atoms with Crippen molar-refractivity contribution < 1.29 is 14.3 Å². The van der Waals surface area contributed by atoms with Crippen LogP contribution in [0, 0.1) is 19.3 Å². The molecular weight excluding hydrogens is 364 g/mol. The van der Waals surface area contributed by atoms with E-state index in [-0.39, 0.29) is 6.10 Å². The molecule has 1 unspecified atom stereocenters. The summed E-state index contributed by atoms with van der Waals surface area (Å²) in [6.07, 6.45) is 6.64. The first-order valence-electron chi connectivity index (χ1n) is 11.3. The first-order valence-corrected chi connectivity index (χ1v) is 11.3. The van der Waals surface area contributed by atoms with E-state index in [1.807, 2.05) is 0 Å². The number of rotatable bonds is 6. The fourth-order valence-electron chi connectivity index (χ4n) is 5.06. The van der Waals surface area contributed by atoms with Gasteiger partial charge in [0, 0.05) is 32.7 Å². The van der Waals surface area contributed by atoms with E-state index in [9.17, 15) is 4.79 Å². The Balaban J connectivity index is 1.22. The van der Waals surface area contributed by atoms with Gasteiger partial charge in [-0.05, 0) is 87.7 Å². The molecule has 1 atom stereocenters. The van der Waals surface area contributed by atoms with Crippen LogP contribution >= 0.6 is 0 Å². The summed E-state index contributed by atoms with van der Waals surface area (Å²) in [6.45, 7) is 10.8. The lowest BCUT2D eigenvalue weighted by Crippen LogP contribution is -2.53. The van der Waals surface area contributed by atoms with E-state index in [4.69, 9.17) is 9.47 Å². The molecule has 1 aromatic rings. The van der Waals surface area contributed by atoms with Gasteiger partial charge < -0.3 is 14.4 Å². The summed E-state index contributed by atoms with van der Waals surface area (Å²) in [7, 11) is 0. The third-order valence-electron chi connectivity index (χ3n) is 7.27. The normalized spacial score (nSPS) is 25.0. The topological polar surface area (TPSA) is 42.0 Å². The van der Waals surface area contributed by atoms with Gasteiger partial charge in [0.05, 0.1) is 6.10 Å². The summed E-state index contributed by atoms with van der Waals surface area (Å²) in [6, 6.07) is 6.32. The smallest absolute Gasteiger partial charge is 0.222 e. The predicted molar refractivity (Wildman–Crippen MR) is 114 cm³/mol. The molecule has 3 heterocycles. The predicted octanol–water partition coefficient (Wildman–Crippen LogP) is 3.57. The van der Waals surface area contributed by atoms with Crippen LogP contribution in [0.1, 0.15) is 49.7 Å². The summed E-state index contributed by atoms with van der Waals surface area (Å²) in [5, 5.41) is 0. The van der Waals surface area contributed by atoms with Gasteiger partial charge >= 0.3 is 0 Å². The number of ether oxygens (including phenoxy) is 2. The van der Waals surface area contributed by atoms with E-state index >= 15 is 0 Å². The van der Waals surface area contributed by atoms with Gasteiger partial charge in [0.1, 0.15) is 12.4 Å². The highest BCUT2D eigenvalue weighted by Gasteiger charge is 2.41. The maximum absolute atomic E-state index is 12.4. The Hall–Kier alpha value is -1.59. The number of aryl methyl sites for hydroxylation is 2. The molecule has 160 valence electrons. The minimum atomic E-state index is 0.261. The Labute approximate surface area is 175 Å². The molecule has 0 aliphatic carbocycles. The summed E-state index contributed by atoms with van der Waals surface area (Å²) in [5.74, 6) is 1.30. The van der Waals surface area contributed by atoms with Crippen LogP contribution in [0.4, 0.5) is 0 Å². The van der Waals surface area contributed by atoms with Gasteiger partial charge in [-0.3, -0.25) is 9.69 Å². The maximum Gasteiger partial charge on any atom is 0.222 e. The van der Waals surface area contributed by atoms with E-state index in [2.05, 4.69) is 41.8 Å². The molecule has 5 heteroatoms. The SMILES string of the molecule is Cc1ccc(OCCN2CCC3(CCC(=O)N(CC4CCCO4)C3)CC2)cc1C. The Morgan fingerprint density at radius 3 is 2.72 bits per heavy atom. The minimum Gasteiger partial charge on any atom is -0.492 e. The summed E-state index contributed by atoms with van der Waals surface area (Å²) in [4.78, 5) is 17.1. The fourth-order valence-corrected chi connectivity index (χ4v) is 5.06. The van der Waals surface area contributed by atoms with Gasteiger partial charge in [0.15, 0.2) is 0 Å². The Morgan fingerprint density at radius 1 is 1.17 bits per heavy atom. The van der Waals surface area contributed by atoms with Crippen LogP contribution in [0.5, 0.6) is 5.75 Å². The van der Waals surface area contributed by atoms with Crippen molar-refractivity contribution in [3.05, 3.63) is 29.3 Å². The molecule has 3 saturated heterocycles. The molecule has 4 rings (SSSR count). The van der Waals surface area contributed by atoms with Crippen molar-refractivity contribution in [3.63, 3.8) is 0 Å². The Kier molecular flexibility index (Phi) is 6.45. The van der Waals surface area contributed by atoms with Crippen LogP contribution in [0.3, 0.4) is 0 Å². The molecule has 1 aromatic carbocycles. The largest absolute Gasteiger partial charge is 0.492 e. The van der Waals surface area contributed by atoms with Crippen LogP contribution < -0.4 is 4.74 Å². The lowest BCUT2D eigenvalue weighted by atomic mass is 9.72. The average Bonchev–Trinajstić information content (AvgIpc) is 3.22. The van der Waals surface area contributed by atoms with Gasteiger partial charge in [-0.1, -0.05) is 6.07 Å². The molecule has 29 heavy (non-hydrogen) atoms. The van der Waals surface area contributed by atoms with Crippen molar-refractivity contribution in [3.8, 4) is 5.75 Å². The van der Waals surface area contributed by atoms with Crippen molar-refractivity contribution >= 4 is 5.91 Å².